The Hall–Kier alpha value is -2.22. The summed E-state index contributed by atoms with van der Waals surface area (Å²) in [5, 5.41) is 2.09. The first-order valence-electron chi connectivity index (χ1n) is 9.26. The minimum absolute atomic E-state index is 0.172. The van der Waals surface area contributed by atoms with Crippen LogP contribution in [0, 0.1) is 0 Å². The van der Waals surface area contributed by atoms with E-state index in [0.29, 0.717) is 6.54 Å². The summed E-state index contributed by atoms with van der Waals surface area (Å²) in [6.45, 7) is 5.16. The Morgan fingerprint density at radius 3 is 2.52 bits per heavy atom. The monoisotopic (exact) mass is 383 g/mol. The van der Waals surface area contributed by atoms with E-state index in [9.17, 15) is 4.79 Å². The summed E-state index contributed by atoms with van der Waals surface area (Å²) in [6, 6.07) is 10.4. The highest BCUT2D eigenvalue weighted by atomic mass is 32.1. The predicted octanol–water partition coefficient (Wildman–Crippen LogP) is 2.27. The van der Waals surface area contributed by atoms with E-state index in [1.165, 1.54) is 11.3 Å². The van der Waals surface area contributed by atoms with Gasteiger partial charge in [-0.15, -0.1) is 11.3 Å². The van der Waals surface area contributed by atoms with E-state index in [2.05, 4.69) is 50.0 Å². The van der Waals surface area contributed by atoms with Crippen LogP contribution in [0.2, 0.25) is 0 Å². The van der Waals surface area contributed by atoms with Gasteiger partial charge in [0.1, 0.15) is 0 Å². The molecule has 0 saturated carbocycles. The van der Waals surface area contributed by atoms with Gasteiger partial charge in [-0.1, -0.05) is 30.3 Å². The Morgan fingerprint density at radius 2 is 1.81 bits per heavy atom. The topological polar surface area (TPSA) is 44.1 Å². The third kappa shape index (κ3) is 3.90. The summed E-state index contributed by atoms with van der Waals surface area (Å²) in [4.78, 5) is 24.2. The molecule has 6 nitrogen and oxygen atoms in total. The highest BCUT2D eigenvalue weighted by Gasteiger charge is 2.22. The van der Waals surface area contributed by atoms with E-state index in [-0.39, 0.29) is 5.91 Å². The van der Waals surface area contributed by atoms with Gasteiger partial charge >= 0.3 is 0 Å². The van der Waals surface area contributed by atoms with Crippen molar-refractivity contribution in [2.45, 2.75) is 6.54 Å². The van der Waals surface area contributed by atoms with Gasteiger partial charge < -0.3 is 4.90 Å². The lowest BCUT2D eigenvalue weighted by atomic mass is 10.1. The molecule has 1 saturated heterocycles. The zero-order chi connectivity index (χ0) is 18.8. The highest BCUT2D eigenvalue weighted by Crippen LogP contribution is 2.27. The van der Waals surface area contributed by atoms with Crippen molar-refractivity contribution in [2.75, 3.05) is 46.8 Å². The summed E-state index contributed by atoms with van der Waals surface area (Å²) < 4.78 is 2.22. The molecular formula is C20H25N5OS. The zero-order valence-electron chi connectivity index (χ0n) is 15.8. The van der Waals surface area contributed by atoms with E-state index in [4.69, 9.17) is 4.98 Å². The van der Waals surface area contributed by atoms with Crippen LogP contribution >= 0.6 is 11.3 Å². The van der Waals surface area contributed by atoms with Gasteiger partial charge in [0.2, 0.25) is 5.91 Å². The zero-order valence-corrected chi connectivity index (χ0v) is 16.7. The van der Waals surface area contributed by atoms with Crippen molar-refractivity contribution in [3.05, 3.63) is 47.6 Å². The van der Waals surface area contributed by atoms with E-state index in [1.807, 2.05) is 20.2 Å². The van der Waals surface area contributed by atoms with Gasteiger partial charge in [-0.25, -0.2) is 4.98 Å². The molecule has 1 fully saturated rings. The minimum Gasteiger partial charge on any atom is -0.348 e. The fraction of sp³-hybridized carbons (Fsp3) is 0.400. The van der Waals surface area contributed by atoms with Crippen LogP contribution in [0.1, 0.15) is 5.69 Å². The number of carbonyl (C=O) groups excluding carboxylic acids is 1. The fourth-order valence-corrected chi connectivity index (χ4v) is 4.19. The third-order valence-electron chi connectivity index (χ3n) is 5.10. The quantitative estimate of drug-likeness (QED) is 0.678. The maximum absolute atomic E-state index is 11.9. The standard InChI is InChI=1S/C20H25N5OS/c1-22(2)18(26)15-24-10-8-23(9-11-24)14-17-19(16-6-4-3-5-7-16)21-20-25(17)12-13-27-20/h3-7,12-13H,8-11,14-15H2,1-2H3. The number of amides is 1. The molecule has 1 aromatic carbocycles. The molecule has 0 atom stereocenters. The number of carbonyl (C=O) groups is 1. The van der Waals surface area contributed by atoms with Crippen molar-refractivity contribution >= 4 is 22.2 Å². The number of aromatic nitrogens is 2. The maximum atomic E-state index is 11.9. The SMILES string of the molecule is CN(C)C(=O)CN1CCN(Cc2c(-c3ccccc3)nc3sccn23)CC1. The summed E-state index contributed by atoms with van der Waals surface area (Å²) in [5.41, 5.74) is 3.49. The van der Waals surface area contributed by atoms with Crippen LogP contribution in [-0.4, -0.2) is 76.8 Å². The number of rotatable bonds is 5. The van der Waals surface area contributed by atoms with Gasteiger partial charge in [-0.3, -0.25) is 19.0 Å². The molecule has 0 radical (unpaired) electrons. The molecule has 142 valence electrons. The number of piperazine rings is 1. The van der Waals surface area contributed by atoms with Crippen LogP contribution in [0.25, 0.3) is 16.2 Å². The number of fused-ring (bicyclic) bond motifs is 1. The number of nitrogens with zero attached hydrogens (tertiary/aromatic N) is 5. The van der Waals surface area contributed by atoms with Gasteiger partial charge in [0.25, 0.3) is 0 Å². The minimum atomic E-state index is 0.172. The Morgan fingerprint density at radius 1 is 1.11 bits per heavy atom. The van der Waals surface area contributed by atoms with E-state index in [1.54, 1.807) is 16.2 Å². The molecule has 3 aromatic rings. The first-order valence-corrected chi connectivity index (χ1v) is 10.1. The van der Waals surface area contributed by atoms with Gasteiger partial charge in [0.15, 0.2) is 4.96 Å². The number of likely N-dealkylation sites (N-methyl/N-ethyl adjacent to an activating group) is 1. The van der Waals surface area contributed by atoms with Gasteiger partial charge in [-0.05, 0) is 0 Å². The molecule has 1 aliphatic rings. The molecule has 0 unspecified atom stereocenters. The molecule has 0 spiro atoms. The Balaban J connectivity index is 1.48. The average molecular weight is 384 g/mol. The fourth-order valence-electron chi connectivity index (χ4n) is 3.46. The van der Waals surface area contributed by atoms with Crippen molar-refractivity contribution < 1.29 is 4.79 Å². The molecule has 0 bridgehead atoms. The summed E-state index contributed by atoms with van der Waals surface area (Å²) in [6.07, 6.45) is 2.11. The van der Waals surface area contributed by atoms with Crippen molar-refractivity contribution in [3.8, 4) is 11.3 Å². The molecule has 0 N–H and O–H groups in total. The predicted molar refractivity (Wildman–Crippen MR) is 109 cm³/mol. The van der Waals surface area contributed by atoms with Crippen LogP contribution < -0.4 is 0 Å². The van der Waals surface area contributed by atoms with Crippen LogP contribution in [0.15, 0.2) is 41.9 Å². The number of hydrogen-bond donors (Lipinski definition) is 0. The van der Waals surface area contributed by atoms with Crippen LogP contribution in [0.3, 0.4) is 0 Å². The molecule has 4 rings (SSSR count). The number of imidazole rings is 1. The van der Waals surface area contributed by atoms with Crippen LogP contribution in [-0.2, 0) is 11.3 Å². The van der Waals surface area contributed by atoms with E-state index in [0.717, 1.165) is 43.4 Å². The lowest BCUT2D eigenvalue weighted by Gasteiger charge is -2.34. The molecule has 1 aliphatic heterocycles. The smallest absolute Gasteiger partial charge is 0.236 e. The normalized spacial score (nSPS) is 16.1. The molecule has 27 heavy (non-hydrogen) atoms. The van der Waals surface area contributed by atoms with Gasteiger partial charge in [-0.2, -0.15) is 0 Å². The average Bonchev–Trinajstić information content (AvgIpc) is 3.26. The Labute approximate surface area is 163 Å². The summed E-state index contributed by atoms with van der Waals surface area (Å²) in [7, 11) is 3.63. The summed E-state index contributed by atoms with van der Waals surface area (Å²) in [5.74, 6) is 0.172. The highest BCUT2D eigenvalue weighted by molar-refractivity contribution is 7.15. The number of benzene rings is 1. The van der Waals surface area contributed by atoms with Crippen LogP contribution in [0.5, 0.6) is 0 Å². The van der Waals surface area contributed by atoms with Crippen molar-refractivity contribution in [2.24, 2.45) is 0 Å². The van der Waals surface area contributed by atoms with Gasteiger partial charge in [0.05, 0.1) is 17.9 Å². The van der Waals surface area contributed by atoms with Crippen LogP contribution in [0.4, 0.5) is 0 Å². The molecule has 3 heterocycles. The molecule has 2 aromatic heterocycles. The maximum Gasteiger partial charge on any atom is 0.236 e. The Bertz CT molecular complexity index is 909. The van der Waals surface area contributed by atoms with E-state index < -0.39 is 0 Å². The second-order valence-corrected chi connectivity index (χ2v) is 8.04. The largest absolute Gasteiger partial charge is 0.348 e. The lowest BCUT2D eigenvalue weighted by Crippen LogP contribution is -2.49. The van der Waals surface area contributed by atoms with Crippen molar-refractivity contribution in [1.29, 1.82) is 0 Å². The number of thiazole rings is 1. The second-order valence-electron chi connectivity index (χ2n) is 7.17. The molecule has 1 amide bonds. The van der Waals surface area contributed by atoms with Gasteiger partial charge in [0, 0.05) is 64.0 Å². The summed E-state index contributed by atoms with van der Waals surface area (Å²) >= 11 is 1.67. The van der Waals surface area contributed by atoms with Crippen molar-refractivity contribution in [3.63, 3.8) is 0 Å². The Kier molecular flexibility index (Phi) is 5.24. The first-order chi connectivity index (χ1) is 13.1. The van der Waals surface area contributed by atoms with E-state index >= 15 is 0 Å². The number of hydrogen-bond acceptors (Lipinski definition) is 5. The molecular weight excluding hydrogens is 358 g/mol. The lowest BCUT2D eigenvalue weighted by molar-refractivity contribution is -0.130. The second kappa shape index (κ2) is 7.80. The van der Waals surface area contributed by atoms with Crippen molar-refractivity contribution in [1.82, 2.24) is 24.1 Å². The molecule has 0 aliphatic carbocycles. The third-order valence-corrected chi connectivity index (χ3v) is 5.86. The first kappa shape index (κ1) is 18.2. The molecule has 7 heteroatoms.